The summed E-state index contributed by atoms with van der Waals surface area (Å²) < 4.78 is 0. The third kappa shape index (κ3) is 4.47. The maximum absolute atomic E-state index is 9.30. The van der Waals surface area contributed by atoms with Crippen LogP contribution in [-0.2, 0) is 0 Å². The van der Waals surface area contributed by atoms with Crippen molar-refractivity contribution in [1.82, 2.24) is 9.97 Å². The maximum atomic E-state index is 9.30. The normalized spacial score (nSPS) is 11.0. The third-order valence-corrected chi connectivity index (χ3v) is 8.55. The lowest BCUT2D eigenvalue weighted by Gasteiger charge is -2.14. The van der Waals surface area contributed by atoms with E-state index < -0.39 is 0 Å². The van der Waals surface area contributed by atoms with Crippen LogP contribution in [0, 0.1) is 34.0 Å². The molecule has 7 aromatic carbocycles. The minimum atomic E-state index is 0.621. The van der Waals surface area contributed by atoms with Crippen molar-refractivity contribution in [2.24, 2.45) is 0 Å². The van der Waals surface area contributed by atoms with Gasteiger partial charge in [-0.1, -0.05) is 66.7 Å². The quantitative estimate of drug-likeness (QED) is 0.152. The lowest BCUT2D eigenvalue weighted by molar-refractivity contribution is 1.41. The zero-order chi connectivity index (χ0) is 31.2. The average molecular weight is 584 g/mol. The van der Waals surface area contributed by atoms with Crippen LogP contribution in [0.25, 0.3) is 77.0 Å². The van der Waals surface area contributed by atoms with Gasteiger partial charge in [0.1, 0.15) is 0 Å². The van der Waals surface area contributed by atoms with Crippen LogP contribution in [0.2, 0.25) is 0 Å². The predicted octanol–water partition coefficient (Wildman–Crippen LogP) is 9.71. The molecule has 5 nitrogen and oxygen atoms in total. The number of fused-ring (bicyclic) bond motifs is 7. The van der Waals surface area contributed by atoms with Crippen LogP contribution in [0.3, 0.4) is 0 Å². The molecule has 0 aliphatic carbocycles. The molecule has 0 radical (unpaired) electrons. The molecule has 0 amide bonds. The Morgan fingerprint density at radius 3 is 1.09 bits per heavy atom. The number of benzene rings is 7. The standard InChI is InChI=1S/C41H21N5/c42-22-25-1-7-28(8-2-25)31-13-16-34-36(19-31)37-20-32(29-9-3-26(23-43)4-10-29)14-17-35(37)41-40(34)45-38-18-15-33(21-39(38)46-41)30-11-5-27(24-44)6-12-30/h1-21H. The second-order valence-corrected chi connectivity index (χ2v) is 11.2. The summed E-state index contributed by atoms with van der Waals surface area (Å²) in [4.78, 5) is 10.4. The Morgan fingerprint density at radius 1 is 0.326 bits per heavy atom. The Balaban J connectivity index is 1.39. The molecular weight excluding hydrogens is 562 g/mol. The van der Waals surface area contributed by atoms with Crippen LogP contribution in [0.4, 0.5) is 0 Å². The van der Waals surface area contributed by atoms with Gasteiger partial charge in [0.2, 0.25) is 0 Å². The SMILES string of the molecule is N#Cc1ccc(-c2ccc3nc4c5ccc(-c6ccc(C#N)cc6)cc5c5cc(-c6ccc(C#N)cc6)ccc5c4nc3c2)cc1. The molecule has 0 atom stereocenters. The smallest absolute Gasteiger partial charge is 0.0991 e. The molecule has 0 aliphatic rings. The van der Waals surface area contributed by atoms with Crippen molar-refractivity contribution >= 4 is 43.6 Å². The number of hydrogen-bond donors (Lipinski definition) is 0. The van der Waals surface area contributed by atoms with E-state index in [9.17, 15) is 15.8 Å². The van der Waals surface area contributed by atoms with Crippen LogP contribution in [0.1, 0.15) is 16.7 Å². The molecule has 8 rings (SSSR count). The van der Waals surface area contributed by atoms with Gasteiger partial charge in [0, 0.05) is 10.8 Å². The minimum absolute atomic E-state index is 0.621. The molecule has 1 aromatic heterocycles. The zero-order valence-corrected chi connectivity index (χ0v) is 24.4. The van der Waals surface area contributed by atoms with Crippen LogP contribution >= 0.6 is 0 Å². The number of hydrogen-bond acceptors (Lipinski definition) is 5. The lowest BCUT2D eigenvalue weighted by Crippen LogP contribution is -1.93. The summed E-state index contributed by atoms with van der Waals surface area (Å²) in [6.07, 6.45) is 0. The number of nitriles is 3. The maximum Gasteiger partial charge on any atom is 0.0991 e. The second-order valence-electron chi connectivity index (χ2n) is 11.2. The summed E-state index contributed by atoms with van der Waals surface area (Å²) in [6.45, 7) is 0. The highest BCUT2D eigenvalue weighted by Crippen LogP contribution is 2.39. The highest BCUT2D eigenvalue weighted by Gasteiger charge is 2.15. The van der Waals surface area contributed by atoms with Crippen molar-refractivity contribution in [1.29, 1.82) is 15.8 Å². The largest absolute Gasteiger partial charge is 0.244 e. The monoisotopic (exact) mass is 583 g/mol. The molecule has 1 heterocycles. The first-order chi connectivity index (χ1) is 22.6. The van der Waals surface area contributed by atoms with E-state index in [4.69, 9.17) is 9.97 Å². The van der Waals surface area contributed by atoms with Gasteiger partial charge in [0.15, 0.2) is 0 Å². The molecular formula is C41H21N5. The molecule has 0 saturated carbocycles. The van der Waals surface area contributed by atoms with Gasteiger partial charge in [0.25, 0.3) is 0 Å². The average Bonchev–Trinajstić information content (AvgIpc) is 3.13. The highest BCUT2D eigenvalue weighted by molar-refractivity contribution is 6.25. The Kier molecular flexibility index (Phi) is 6.21. The first-order valence-electron chi connectivity index (χ1n) is 14.7. The molecule has 0 fully saturated rings. The molecule has 0 bridgehead atoms. The van der Waals surface area contributed by atoms with E-state index in [-0.39, 0.29) is 0 Å². The van der Waals surface area contributed by atoms with Crippen LogP contribution in [0.15, 0.2) is 127 Å². The van der Waals surface area contributed by atoms with E-state index in [1.807, 2.05) is 84.9 Å². The first-order valence-corrected chi connectivity index (χ1v) is 14.7. The van der Waals surface area contributed by atoms with Gasteiger partial charge >= 0.3 is 0 Å². The van der Waals surface area contributed by atoms with Crippen molar-refractivity contribution in [3.8, 4) is 51.6 Å². The van der Waals surface area contributed by atoms with Crippen molar-refractivity contribution < 1.29 is 0 Å². The van der Waals surface area contributed by atoms with Crippen LogP contribution < -0.4 is 0 Å². The van der Waals surface area contributed by atoms with E-state index in [1.54, 1.807) is 0 Å². The predicted molar refractivity (Wildman–Crippen MR) is 183 cm³/mol. The van der Waals surface area contributed by atoms with E-state index in [1.165, 1.54) is 0 Å². The van der Waals surface area contributed by atoms with Gasteiger partial charge in [-0.05, 0) is 105 Å². The number of rotatable bonds is 3. The van der Waals surface area contributed by atoms with Crippen LogP contribution in [0.5, 0.6) is 0 Å². The van der Waals surface area contributed by atoms with Crippen molar-refractivity contribution in [3.05, 3.63) is 144 Å². The molecule has 0 aliphatic heterocycles. The summed E-state index contributed by atoms with van der Waals surface area (Å²) >= 11 is 0. The lowest BCUT2D eigenvalue weighted by atomic mass is 9.93. The second kappa shape index (κ2) is 10.7. The summed E-state index contributed by atoms with van der Waals surface area (Å²) in [5.74, 6) is 0. The number of nitrogens with zero attached hydrogens (tertiary/aromatic N) is 5. The van der Waals surface area contributed by atoms with Crippen molar-refractivity contribution in [3.63, 3.8) is 0 Å². The molecule has 0 spiro atoms. The van der Waals surface area contributed by atoms with Gasteiger partial charge in [-0.25, -0.2) is 9.97 Å². The van der Waals surface area contributed by atoms with Gasteiger partial charge in [-0.2, -0.15) is 15.8 Å². The fourth-order valence-corrected chi connectivity index (χ4v) is 6.13. The Morgan fingerprint density at radius 2 is 0.674 bits per heavy atom. The van der Waals surface area contributed by atoms with E-state index in [0.29, 0.717) is 16.7 Å². The molecule has 210 valence electrons. The van der Waals surface area contributed by atoms with Gasteiger partial charge in [-0.3, -0.25) is 0 Å². The molecule has 0 unspecified atom stereocenters. The van der Waals surface area contributed by atoms with E-state index >= 15 is 0 Å². The summed E-state index contributed by atoms with van der Waals surface area (Å²) in [5.41, 5.74) is 11.3. The minimum Gasteiger partial charge on any atom is -0.244 e. The molecule has 5 heteroatoms. The molecule has 8 aromatic rings. The summed E-state index contributed by atoms with van der Waals surface area (Å²) in [6, 6.07) is 48.3. The Bertz CT molecular complexity index is 2630. The first kappa shape index (κ1) is 26.7. The third-order valence-electron chi connectivity index (χ3n) is 8.55. The highest BCUT2D eigenvalue weighted by atomic mass is 14.8. The molecule has 0 N–H and O–H groups in total. The van der Waals surface area contributed by atoms with Crippen LogP contribution in [-0.4, -0.2) is 9.97 Å². The Labute approximate surface area is 264 Å². The fourth-order valence-electron chi connectivity index (χ4n) is 6.13. The molecule has 46 heavy (non-hydrogen) atoms. The summed E-state index contributed by atoms with van der Waals surface area (Å²) in [5, 5.41) is 31.9. The summed E-state index contributed by atoms with van der Waals surface area (Å²) in [7, 11) is 0. The van der Waals surface area contributed by atoms with Gasteiger partial charge < -0.3 is 0 Å². The van der Waals surface area contributed by atoms with Gasteiger partial charge in [0.05, 0.1) is 57.0 Å². The number of aromatic nitrogens is 2. The van der Waals surface area contributed by atoms with Crippen molar-refractivity contribution in [2.75, 3.05) is 0 Å². The molecule has 0 saturated heterocycles. The fraction of sp³-hybridized carbons (Fsp3) is 0. The van der Waals surface area contributed by atoms with E-state index in [0.717, 1.165) is 77.0 Å². The topological polar surface area (TPSA) is 97.1 Å². The Hall–Kier alpha value is -6.87. The zero-order valence-electron chi connectivity index (χ0n) is 24.4. The van der Waals surface area contributed by atoms with E-state index in [2.05, 4.69) is 60.7 Å². The van der Waals surface area contributed by atoms with Gasteiger partial charge in [-0.15, -0.1) is 0 Å². The van der Waals surface area contributed by atoms with Crippen molar-refractivity contribution in [2.45, 2.75) is 0 Å².